The first-order chi connectivity index (χ1) is 12.0. The number of hydrogen-bond donors (Lipinski definition) is 1. The Morgan fingerprint density at radius 3 is 2.44 bits per heavy atom. The first-order valence-corrected chi connectivity index (χ1v) is 8.00. The summed E-state index contributed by atoms with van der Waals surface area (Å²) in [6, 6.07) is 15.1. The standard InChI is InChI=1S/C18H15ClN4O2/c1-12(17(24)21-15-9-7-14(19)8-10-15)23-18(25)22-16(11-20-23)13-5-3-2-4-6-13/h2-12H,1H3,(H,21,24). The minimum Gasteiger partial charge on any atom is -0.324 e. The van der Waals surface area contributed by atoms with Gasteiger partial charge >= 0.3 is 5.69 Å². The number of aromatic nitrogens is 3. The molecule has 1 heterocycles. The molecule has 1 aromatic heterocycles. The Balaban J connectivity index is 1.80. The van der Waals surface area contributed by atoms with E-state index in [-0.39, 0.29) is 5.91 Å². The van der Waals surface area contributed by atoms with E-state index < -0.39 is 11.7 Å². The summed E-state index contributed by atoms with van der Waals surface area (Å²) in [5, 5.41) is 7.38. The van der Waals surface area contributed by atoms with Crippen molar-refractivity contribution in [1.82, 2.24) is 14.8 Å². The Labute approximate surface area is 149 Å². The van der Waals surface area contributed by atoms with Gasteiger partial charge in [0.05, 0.1) is 11.9 Å². The molecule has 1 atom stereocenters. The van der Waals surface area contributed by atoms with Gasteiger partial charge in [-0.1, -0.05) is 41.9 Å². The lowest BCUT2D eigenvalue weighted by Gasteiger charge is -2.13. The highest BCUT2D eigenvalue weighted by Crippen LogP contribution is 2.16. The molecule has 7 heteroatoms. The summed E-state index contributed by atoms with van der Waals surface area (Å²) in [6.07, 6.45) is 1.48. The van der Waals surface area contributed by atoms with Crippen molar-refractivity contribution in [2.45, 2.75) is 13.0 Å². The Morgan fingerprint density at radius 2 is 1.80 bits per heavy atom. The molecule has 0 saturated heterocycles. The van der Waals surface area contributed by atoms with Gasteiger partial charge < -0.3 is 5.32 Å². The van der Waals surface area contributed by atoms with Gasteiger partial charge in [0, 0.05) is 16.3 Å². The van der Waals surface area contributed by atoms with Gasteiger partial charge in [-0.25, -0.2) is 9.48 Å². The number of benzene rings is 2. The van der Waals surface area contributed by atoms with Crippen molar-refractivity contribution in [3.63, 3.8) is 0 Å². The zero-order valence-corrected chi connectivity index (χ0v) is 14.1. The zero-order valence-electron chi connectivity index (χ0n) is 13.4. The van der Waals surface area contributed by atoms with Crippen molar-refractivity contribution in [1.29, 1.82) is 0 Å². The van der Waals surface area contributed by atoms with Crippen molar-refractivity contribution >= 4 is 23.2 Å². The van der Waals surface area contributed by atoms with Crippen molar-refractivity contribution in [2.24, 2.45) is 0 Å². The predicted molar refractivity (Wildman–Crippen MR) is 96.5 cm³/mol. The number of amides is 1. The Bertz CT molecular complexity index is 939. The minimum absolute atomic E-state index is 0.369. The molecular formula is C18H15ClN4O2. The van der Waals surface area contributed by atoms with Crippen LogP contribution in [0.3, 0.4) is 0 Å². The SMILES string of the molecule is CC(C(=O)Nc1ccc(Cl)cc1)n1ncc(-c2ccccc2)nc1=O. The average Bonchev–Trinajstić information content (AvgIpc) is 2.63. The summed E-state index contributed by atoms with van der Waals surface area (Å²) in [5.74, 6) is -0.369. The van der Waals surface area contributed by atoms with Crippen LogP contribution in [0.5, 0.6) is 0 Å². The summed E-state index contributed by atoms with van der Waals surface area (Å²) in [4.78, 5) is 28.6. The monoisotopic (exact) mass is 354 g/mol. The maximum absolute atomic E-state index is 12.3. The quantitative estimate of drug-likeness (QED) is 0.780. The summed E-state index contributed by atoms with van der Waals surface area (Å²) in [6.45, 7) is 1.59. The van der Waals surface area contributed by atoms with Gasteiger partial charge in [-0.15, -0.1) is 0 Å². The molecular weight excluding hydrogens is 340 g/mol. The number of carbonyl (C=O) groups excluding carboxylic acids is 1. The van der Waals surface area contributed by atoms with Gasteiger partial charge in [-0.2, -0.15) is 10.1 Å². The van der Waals surface area contributed by atoms with Crippen LogP contribution in [0.4, 0.5) is 5.69 Å². The number of nitrogens with zero attached hydrogens (tertiary/aromatic N) is 3. The first-order valence-electron chi connectivity index (χ1n) is 7.62. The topological polar surface area (TPSA) is 76.9 Å². The Kier molecular flexibility index (Phi) is 4.90. The molecule has 0 saturated carbocycles. The maximum Gasteiger partial charge on any atom is 0.365 e. The van der Waals surface area contributed by atoms with E-state index in [0.717, 1.165) is 10.2 Å². The predicted octanol–water partition coefficient (Wildman–Crippen LogP) is 3.16. The molecule has 1 amide bonds. The molecule has 6 nitrogen and oxygen atoms in total. The highest BCUT2D eigenvalue weighted by Gasteiger charge is 2.18. The molecule has 0 aliphatic rings. The highest BCUT2D eigenvalue weighted by atomic mass is 35.5. The number of rotatable bonds is 4. The summed E-state index contributed by atoms with van der Waals surface area (Å²) in [5.41, 5.74) is 1.26. The molecule has 0 aliphatic carbocycles. The number of hydrogen-bond acceptors (Lipinski definition) is 4. The van der Waals surface area contributed by atoms with Crippen molar-refractivity contribution in [3.8, 4) is 11.3 Å². The molecule has 0 spiro atoms. The van der Waals surface area contributed by atoms with E-state index in [1.54, 1.807) is 31.2 Å². The van der Waals surface area contributed by atoms with Gasteiger partial charge in [0.15, 0.2) is 0 Å². The molecule has 3 aromatic rings. The molecule has 2 aromatic carbocycles. The molecule has 1 N–H and O–H groups in total. The molecule has 0 bridgehead atoms. The van der Waals surface area contributed by atoms with Crippen LogP contribution in [-0.4, -0.2) is 20.7 Å². The second-order valence-corrected chi connectivity index (χ2v) is 5.84. The van der Waals surface area contributed by atoms with Crippen LogP contribution in [0.25, 0.3) is 11.3 Å². The van der Waals surface area contributed by atoms with Gasteiger partial charge in [0.25, 0.3) is 0 Å². The molecule has 1 unspecified atom stereocenters. The van der Waals surface area contributed by atoms with E-state index >= 15 is 0 Å². The first kappa shape index (κ1) is 16.9. The fraction of sp³-hybridized carbons (Fsp3) is 0.111. The number of halogens is 1. The highest BCUT2D eigenvalue weighted by molar-refractivity contribution is 6.30. The third kappa shape index (κ3) is 3.92. The van der Waals surface area contributed by atoms with Gasteiger partial charge in [0.2, 0.25) is 5.91 Å². The third-order valence-corrected chi connectivity index (χ3v) is 3.90. The van der Waals surface area contributed by atoms with Crippen LogP contribution >= 0.6 is 11.6 Å². The fourth-order valence-corrected chi connectivity index (χ4v) is 2.38. The van der Waals surface area contributed by atoms with Crippen molar-refractivity contribution < 1.29 is 4.79 Å². The number of anilines is 1. The maximum atomic E-state index is 12.3. The van der Waals surface area contributed by atoms with Crippen LogP contribution in [0.2, 0.25) is 5.02 Å². The molecule has 0 aliphatic heterocycles. The molecule has 3 rings (SSSR count). The van der Waals surface area contributed by atoms with Crippen LogP contribution < -0.4 is 11.0 Å². The lowest BCUT2D eigenvalue weighted by Crippen LogP contribution is -2.34. The van der Waals surface area contributed by atoms with Gasteiger partial charge in [-0.3, -0.25) is 4.79 Å². The van der Waals surface area contributed by atoms with E-state index in [2.05, 4.69) is 15.4 Å². The molecule has 25 heavy (non-hydrogen) atoms. The fourth-order valence-electron chi connectivity index (χ4n) is 2.25. The van der Waals surface area contributed by atoms with E-state index in [0.29, 0.717) is 16.4 Å². The Hall–Kier alpha value is -2.99. The summed E-state index contributed by atoms with van der Waals surface area (Å²) < 4.78 is 1.05. The zero-order chi connectivity index (χ0) is 17.8. The van der Waals surface area contributed by atoms with Crippen LogP contribution in [0.15, 0.2) is 65.6 Å². The lowest BCUT2D eigenvalue weighted by molar-refractivity contribution is -0.119. The van der Waals surface area contributed by atoms with Crippen molar-refractivity contribution in [3.05, 3.63) is 76.3 Å². The second kappa shape index (κ2) is 7.27. The number of nitrogens with one attached hydrogen (secondary N) is 1. The van der Waals surface area contributed by atoms with E-state index in [4.69, 9.17) is 11.6 Å². The van der Waals surface area contributed by atoms with Gasteiger partial charge in [-0.05, 0) is 31.2 Å². The van der Waals surface area contributed by atoms with E-state index in [1.165, 1.54) is 6.20 Å². The van der Waals surface area contributed by atoms with Crippen LogP contribution in [0, 0.1) is 0 Å². The minimum atomic E-state index is -0.805. The molecule has 0 fully saturated rings. The van der Waals surface area contributed by atoms with Gasteiger partial charge in [0.1, 0.15) is 6.04 Å². The number of carbonyl (C=O) groups is 1. The second-order valence-electron chi connectivity index (χ2n) is 5.41. The molecule has 126 valence electrons. The van der Waals surface area contributed by atoms with E-state index in [1.807, 2.05) is 30.3 Å². The lowest BCUT2D eigenvalue weighted by atomic mass is 10.2. The normalized spacial score (nSPS) is 11.8. The van der Waals surface area contributed by atoms with Crippen LogP contribution in [-0.2, 0) is 4.79 Å². The molecule has 0 radical (unpaired) electrons. The third-order valence-electron chi connectivity index (χ3n) is 3.64. The average molecular weight is 355 g/mol. The van der Waals surface area contributed by atoms with Crippen LogP contribution in [0.1, 0.15) is 13.0 Å². The van der Waals surface area contributed by atoms with E-state index in [9.17, 15) is 9.59 Å². The largest absolute Gasteiger partial charge is 0.365 e. The smallest absolute Gasteiger partial charge is 0.324 e. The van der Waals surface area contributed by atoms with Crippen molar-refractivity contribution in [2.75, 3.05) is 5.32 Å². The summed E-state index contributed by atoms with van der Waals surface area (Å²) in [7, 11) is 0. The Morgan fingerprint density at radius 1 is 1.12 bits per heavy atom. The summed E-state index contributed by atoms with van der Waals surface area (Å²) >= 11 is 5.82.